The first-order chi connectivity index (χ1) is 13.7. The van der Waals surface area contributed by atoms with E-state index in [1.807, 2.05) is 29.2 Å². The summed E-state index contributed by atoms with van der Waals surface area (Å²) in [6, 6.07) is 7.92. The van der Waals surface area contributed by atoms with E-state index in [0.29, 0.717) is 12.0 Å². The summed E-state index contributed by atoms with van der Waals surface area (Å²) in [5, 5.41) is 0. The normalized spacial score (nSPS) is 25.8. The van der Waals surface area contributed by atoms with Crippen molar-refractivity contribution in [3.63, 3.8) is 0 Å². The summed E-state index contributed by atoms with van der Waals surface area (Å²) < 4.78 is 5.69. The lowest BCUT2D eigenvalue weighted by molar-refractivity contribution is -0.136. The number of hydrogen-bond donors (Lipinski definition) is 1. The van der Waals surface area contributed by atoms with Crippen LogP contribution in [0.2, 0.25) is 0 Å². The van der Waals surface area contributed by atoms with Crippen LogP contribution in [0.1, 0.15) is 37.9 Å². The Hall–Kier alpha value is -1.92. The minimum atomic E-state index is 0.118. The number of carbonyl (C=O) groups excluding carboxylic acids is 1. The molecule has 6 nitrogen and oxygen atoms in total. The van der Waals surface area contributed by atoms with E-state index in [1.165, 1.54) is 45.3 Å². The first-order valence-electron chi connectivity index (χ1n) is 10.7. The highest BCUT2D eigenvalue weighted by atomic mass is 16.5. The van der Waals surface area contributed by atoms with Gasteiger partial charge in [-0.3, -0.25) is 4.79 Å². The molecule has 2 aliphatic heterocycles. The Morgan fingerprint density at radius 3 is 2.96 bits per heavy atom. The van der Waals surface area contributed by atoms with Gasteiger partial charge in [-0.25, -0.2) is 4.98 Å². The second kappa shape index (κ2) is 7.48. The second-order valence-electron chi connectivity index (χ2n) is 9.04. The number of nitrogens with one attached hydrogen (secondary N) is 1. The summed E-state index contributed by atoms with van der Waals surface area (Å²) in [7, 11) is 0. The van der Waals surface area contributed by atoms with E-state index in [0.717, 1.165) is 42.3 Å². The summed E-state index contributed by atoms with van der Waals surface area (Å²) in [4.78, 5) is 25.1. The number of piperidine rings is 1. The van der Waals surface area contributed by atoms with Crippen molar-refractivity contribution in [2.75, 3.05) is 39.3 Å². The third-order valence-electron chi connectivity index (χ3n) is 6.65. The van der Waals surface area contributed by atoms with Crippen molar-refractivity contribution in [3.8, 4) is 0 Å². The number of aromatic amines is 1. The Bertz CT molecular complexity index is 813. The van der Waals surface area contributed by atoms with Crippen molar-refractivity contribution >= 4 is 16.9 Å². The molecule has 2 saturated heterocycles. The van der Waals surface area contributed by atoms with Crippen LogP contribution < -0.4 is 0 Å². The number of likely N-dealkylation sites (tertiary alicyclic amines) is 2. The molecule has 0 radical (unpaired) electrons. The largest absolute Gasteiger partial charge is 0.364 e. The van der Waals surface area contributed by atoms with Crippen LogP contribution in [0.25, 0.3) is 11.0 Å². The van der Waals surface area contributed by atoms with Gasteiger partial charge in [-0.1, -0.05) is 12.1 Å². The molecule has 3 heterocycles. The molecule has 6 heteroatoms. The number of benzene rings is 1. The molecule has 1 atom stereocenters. The molecule has 1 aromatic heterocycles. The molecule has 0 bridgehead atoms. The Kier molecular flexibility index (Phi) is 4.85. The van der Waals surface area contributed by atoms with Gasteiger partial charge in [0, 0.05) is 31.6 Å². The zero-order valence-corrected chi connectivity index (χ0v) is 16.5. The number of fused-ring (bicyclic) bond motifs is 1. The highest BCUT2D eigenvalue weighted by molar-refractivity contribution is 5.78. The summed E-state index contributed by atoms with van der Waals surface area (Å²) in [6.45, 7) is 5.95. The van der Waals surface area contributed by atoms with Crippen molar-refractivity contribution in [1.82, 2.24) is 19.8 Å². The predicted molar refractivity (Wildman–Crippen MR) is 108 cm³/mol. The van der Waals surface area contributed by atoms with E-state index in [4.69, 9.17) is 4.74 Å². The van der Waals surface area contributed by atoms with Crippen LogP contribution in [0, 0.1) is 11.3 Å². The molecule has 1 spiro atoms. The van der Waals surface area contributed by atoms with Crippen molar-refractivity contribution in [2.24, 2.45) is 11.3 Å². The quantitative estimate of drug-likeness (QED) is 0.835. The van der Waals surface area contributed by atoms with Crippen molar-refractivity contribution < 1.29 is 9.53 Å². The van der Waals surface area contributed by atoms with Crippen LogP contribution in [0.5, 0.6) is 0 Å². The van der Waals surface area contributed by atoms with Gasteiger partial charge < -0.3 is 19.5 Å². The Morgan fingerprint density at radius 2 is 2.11 bits per heavy atom. The average Bonchev–Trinajstić information content (AvgIpc) is 3.26. The van der Waals surface area contributed by atoms with Crippen molar-refractivity contribution in [2.45, 2.75) is 38.7 Å². The fourth-order valence-electron chi connectivity index (χ4n) is 5.01. The van der Waals surface area contributed by atoms with Crippen LogP contribution >= 0.6 is 0 Å². The number of nitrogens with zero attached hydrogens (tertiary/aromatic N) is 3. The number of amides is 1. The molecule has 1 aromatic carbocycles. The molecule has 5 rings (SSSR count). The summed E-state index contributed by atoms with van der Waals surface area (Å²) in [5.41, 5.74) is 2.26. The number of para-hydroxylation sites is 2. The van der Waals surface area contributed by atoms with Gasteiger partial charge in [0.1, 0.15) is 19.0 Å². The third-order valence-corrected chi connectivity index (χ3v) is 6.65. The highest BCUT2D eigenvalue weighted by Crippen LogP contribution is 2.40. The van der Waals surface area contributed by atoms with Crippen LogP contribution in [-0.2, 0) is 16.1 Å². The van der Waals surface area contributed by atoms with Crippen molar-refractivity contribution in [1.29, 1.82) is 0 Å². The molecular weight excluding hydrogens is 352 g/mol. The molecular formula is C22H30N4O2. The fourth-order valence-corrected chi connectivity index (χ4v) is 5.01. The first kappa shape index (κ1) is 18.1. The van der Waals surface area contributed by atoms with Gasteiger partial charge in [-0.2, -0.15) is 0 Å². The summed E-state index contributed by atoms with van der Waals surface area (Å²) in [5.74, 6) is 1.84. The maximum atomic E-state index is 12.7. The molecule has 28 heavy (non-hydrogen) atoms. The predicted octanol–water partition coefficient (Wildman–Crippen LogP) is 2.80. The molecule has 1 aliphatic carbocycles. The summed E-state index contributed by atoms with van der Waals surface area (Å²) >= 11 is 0. The van der Waals surface area contributed by atoms with E-state index >= 15 is 0 Å². The van der Waals surface area contributed by atoms with Crippen LogP contribution in [0.15, 0.2) is 24.3 Å². The Morgan fingerprint density at radius 1 is 1.21 bits per heavy atom. The number of aromatic nitrogens is 2. The van der Waals surface area contributed by atoms with Gasteiger partial charge in [0.2, 0.25) is 5.91 Å². The minimum Gasteiger partial charge on any atom is -0.364 e. The lowest BCUT2D eigenvalue weighted by atomic mass is 9.79. The van der Waals surface area contributed by atoms with E-state index < -0.39 is 0 Å². The second-order valence-corrected chi connectivity index (χ2v) is 9.04. The molecule has 3 aliphatic rings. The zero-order chi connectivity index (χ0) is 19.0. The third kappa shape index (κ3) is 3.94. The van der Waals surface area contributed by atoms with E-state index in [2.05, 4.69) is 14.9 Å². The van der Waals surface area contributed by atoms with Gasteiger partial charge >= 0.3 is 0 Å². The van der Waals surface area contributed by atoms with Gasteiger partial charge in [0.25, 0.3) is 0 Å². The number of carbonyl (C=O) groups is 1. The van der Waals surface area contributed by atoms with Gasteiger partial charge in [-0.05, 0) is 56.7 Å². The summed E-state index contributed by atoms with van der Waals surface area (Å²) in [6.07, 6.45) is 6.51. The lowest BCUT2D eigenvalue weighted by Crippen LogP contribution is -2.46. The molecule has 1 saturated carbocycles. The number of ether oxygens (including phenoxy) is 1. The molecule has 1 N–H and O–H groups in total. The van der Waals surface area contributed by atoms with Crippen molar-refractivity contribution in [3.05, 3.63) is 30.1 Å². The highest BCUT2D eigenvalue weighted by Gasteiger charge is 2.43. The number of hydrogen-bond acceptors (Lipinski definition) is 4. The Labute approximate surface area is 166 Å². The molecule has 2 aromatic rings. The molecule has 1 amide bonds. The van der Waals surface area contributed by atoms with Gasteiger partial charge in [0.15, 0.2) is 0 Å². The maximum Gasteiger partial charge on any atom is 0.248 e. The number of rotatable bonds is 6. The molecule has 3 fully saturated rings. The smallest absolute Gasteiger partial charge is 0.248 e. The SMILES string of the molecule is O=C(COCc1nc2ccccc2[nH]1)N1CCC2(CCCN(CC3CC3)C2)C1. The van der Waals surface area contributed by atoms with Crippen LogP contribution in [0.4, 0.5) is 0 Å². The van der Waals surface area contributed by atoms with E-state index in [1.54, 1.807) is 0 Å². The zero-order valence-electron chi connectivity index (χ0n) is 16.5. The van der Waals surface area contributed by atoms with Gasteiger partial charge in [0.05, 0.1) is 11.0 Å². The minimum absolute atomic E-state index is 0.118. The molecule has 150 valence electrons. The van der Waals surface area contributed by atoms with E-state index in [-0.39, 0.29) is 12.5 Å². The van der Waals surface area contributed by atoms with Crippen LogP contribution in [0.3, 0.4) is 0 Å². The fraction of sp³-hybridized carbons (Fsp3) is 0.636. The van der Waals surface area contributed by atoms with Gasteiger partial charge in [-0.15, -0.1) is 0 Å². The lowest BCUT2D eigenvalue weighted by Gasteiger charge is -2.40. The average molecular weight is 383 g/mol. The van der Waals surface area contributed by atoms with Crippen LogP contribution in [-0.4, -0.2) is 65.0 Å². The first-order valence-corrected chi connectivity index (χ1v) is 10.7. The maximum absolute atomic E-state index is 12.7. The molecule has 1 unspecified atom stereocenters. The Balaban J connectivity index is 1.11. The van der Waals surface area contributed by atoms with E-state index in [9.17, 15) is 4.79 Å². The standard InChI is InChI=1S/C22H30N4O2/c27-21(14-28-13-20-23-18-4-1-2-5-19(18)24-20)26-11-9-22(16-26)8-3-10-25(15-22)12-17-6-7-17/h1-2,4-5,17H,3,6-16H2,(H,23,24). The topological polar surface area (TPSA) is 61.5 Å². The number of H-pyrrole nitrogens is 1. The number of imidazole rings is 1. The monoisotopic (exact) mass is 382 g/mol.